The van der Waals surface area contributed by atoms with Gasteiger partial charge in [-0.25, -0.2) is 0 Å². The smallest absolute Gasteiger partial charge is 0.228 e. The third kappa shape index (κ3) is 2.18. The molecule has 114 valence electrons. The van der Waals surface area contributed by atoms with Crippen LogP contribution >= 0.6 is 0 Å². The van der Waals surface area contributed by atoms with E-state index in [4.69, 9.17) is 0 Å². The molecule has 0 aliphatic heterocycles. The Morgan fingerprint density at radius 1 is 1.15 bits per heavy atom. The molecule has 4 bridgehead atoms. The molecule has 4 aliphatic carbocycles. The minimum atomic E-state index is -0.0363. The first-order valence-electron chi connectivity index (χ1n) is 8.20. The molecule has 2 unspecified atom stereocenters. The first-order valence-corrected chi connectivity index (χ1v) is 8.20. The Balaban J connectivity index is 1.83. The lowest BCUT2D eigenvalue weighted by Gasteiger charge is -2.65. The fourth-order valence-electron chi connectivity index (χ4n) is 6.47. The van der Waals surface area contributed by atoms with Crippen molar-refractivity contribution in [3.8, 4) is 0 Å². The van der Waals surface area contributed by atoms with E-state index in [1.807, 2.05) is 19.0 Å². The van der Waals surface area contributed by atoms with Crippen molar-refractivity contribution in [3.63, 3.8) is 0 Å². The predicted molar refractivity (Wildman–Crippen MR) is 81.4 cm³/mol. The lowest BCUT2D eigenvalue weighted by molar-refractivity contribution is -0.178. The van der Waals surface area contributed by atoms with Gasteiger partial charge in [-0.2, -0.15) is 0 Å². The van der Waals surface area contributed by atoms with E-state index in [9.17, 15) is 4.79 Å². The van der Waals surface area contributed by atoms with Gasteiger partial charge >= 0.3 is 0 Å². The standard InChI is InChI=1S/C17H30N2O/c1-15-7-13-8-16(2,10-15)12-17(9-13,11-15)14(20)19(4)6-5-18-3/h13,18H,5-12H2,1-4H3. The molecule has 2 atom stereocenters. The lowest BCUT2D eigenvalue weighted by Crippen LogP contribution is -2.60. The summed E-state index contributed by atoms with van der Waals surface area (Å²) in [6, 6.07) is 0. The Kier molecular flexibility index (Phi) is 3.20. The number of amides is 1. The zero-order valence-corrected chi connectivity index (χ0v) is 13.6. The van der Waals surface area contributed by atoms with Gasteiger partial charge in [0.25, 0.3) is 0 Å². The summed E-state index contributed by atoms with van der Waals surface area (Å²) in [6.07, 6.45) is 7.48. The maximum absolute atomic E-state index is 13.1. The molecule has 0 heterocycles. The first kappa shape index (κ1) is 14.4. The van der Waals surface area contributed by atoms with Gasteiger partial charge in [0.05, 0.1) is 5.41 Å². The van der Waals surface area contributed by atoms with Gasteiger partial charge in [0, 0.05) is 20.1 Å². The maximum atomic E-state index is 13.1. The van der Waals surface area contributed by atoms with Crippen LogP contribution in [0.2, 0.25) is 0 Å². The van der Waals surface area contributed by atoms with Crippen LogP contribution in [-0.2, 0) is 4.79 Å². The van der Waals surface area contributed by atoms with E-state index in [-0.39, 0.29) is 5.41 Å². The number of rotatable bonds is 4. The fourth-order valence-corrected chi connectivity index (χ4v) is 6.47. The first-order chi connectivity index (χ1) is 9.30. The van der Waals surface area contributed by atoms with Crippen LogP contribution in [0.5, 0.6) is 0 Å². The Morgan fingerprint density at radius 2 is 1.75 bits per heavy atom. The van der Waals surface area contributed by atoms with Crippen molar-refractivity contribution in [2.24, 2.45) is 22.2 Å². The Hall–Kier alpha value is -0.570. The van der Waals surface area contributed by atoms with E-state index >= 15 is 0 Å². The monoisotopic (exact) mass is 278 g/mol. The van der Waals surface area contributed by atoms with E-state index in [1.54, 1.807) is 0 Å². The van der Waals surface area contributed by atoms with Crippen LogP contribution in [0, 0.1) is 22.2 Å². The van der Waals surface area contributed by atoms with Crippen molar-refractivity contribution in [1.82, 2.24) is 10.2 Å². The molecule has 1 amide bonds. The highest BCUT2D eigenvalue weighted by atomic mass is 16.2. The highest BCUT2D eigenvalue weighted by Crippen LogP contribution is 2.69. The van der Waals surface area contributed by atoms with E-state index in [2.05, 4.69) is 19.2 Å². The summed E-state index contributed by atoms with van der Waals surface area (Å²) in [5, 5.41) is 3.15. The summed E-state index contributed by atoms with van der Waals surface area (Å²) < 4.78 is 0. The molecular formula is C17H30N2O. The number of carbonyl (C=O) groups is 1. The SMILES string of the molecule is CNCCN(C)C(=O)C12CC3CC(C)(CC(C)(C3)C1)C2. The zero-order chi connectivity index (χ0) is 14.6. The molecule has 0 radical (unpaired) electrons. The fraction of sp³-hybridized carbons (Fsp3) is 0.941. The molecule has 1 N–H and O–H groups in total. The largest absolute Gasteiger partial charge is 0.344 e. The Labute approximate surface area is 123 Å². The van der Waals surface area contributed by atoms with Gasteiger partial charge in [-0.1, -0.05) is 13.8 Å². The van der Waals surface area contributed by atoms with Crippen LogP contribution in [0.4, 0.5) is 0 Å². The number of nitrogens with one attached hydrogen (secondary N) is 1. The van der Waals surface area contributed by atoms with Gasteiger partial charge in [-0.15, -0.1) is 0 Å². The van der Waals surface area contributed by atoms with E-state index in [0.717, 1.165) is 38.3 Å². The van der Waals surface area contributed by atoms with Gasteiger partial charge in [0.2, 0.25) is 5.91 Å². The number of hydrogen-bond acceptors (Lipinski definition) is 2. The molecule has 4 fully saturated rings. The van der Waals surface area contributed by atoms with Gasteiger partial charge in [0.15, 0.2) is 0 Å². The molecule has 0 aromatic heterocycles. The zero-order valence-electron chi connectivity index (χ0n) is 13.6. The van der Waals surface area contributed by atoms with Crippen LogP contribution < -0.4 is 5.32 Å². The normalized spacial score (nSPS) is 45.7. The summed E-state index contributed by atoms with van der Waals surface area (Å²) in [7, 11) is 3.94. The van der Waals surface area contributed by atoms with Crippen molar-refractivity contribution >= 4 is 5.91 Å². The van der Waals surface area contributed by atoms with Crippen LogP contribution in [0.3, 0.4) is 0 Å². The molecule has 3 heteroatoms. The second-order valence-corrected chi connectivity index (χ2v) is 8.74. The van der Waals surface area contributed by atoms with Crippen LogP contribution in [0.1, 0.15) is 52.4 Å². The van der Waals surface area contributed by atoms with E-state index in [1.165, 1.54) is 19.3 Å². The molecule has 0 aromatic carbocycles. The third-order valence-corrected chi connectivity index (χ3v) is 6.12. The molecule has 4 saturated carbocycles. The number of hydrogen-bond donors (Lipinski definition) is 1. The highest BCUT2D eigenvalue weighted by Gasteiger charge is 2.63. The van der Waals surface area contributed by atoms with Crippen molar-refractivity contribution in [2.45, 2.75) is 52.4 Å². The quantitative estimate of drug-likeness (QED) is 0.857. The summed E-state index contributed by atoms with van der Waals surface area (Å²) in [5.74, 6) is 1.22. The summed E-state index contributed by atoms with van der Waals surface area (Å²) >= 11 is 0. The van der Waals surface area contributed by atoms with Crippen LogP contribution in [-0.4, -0.2) is 38.0 Å². The van der Waals surface area contributed by atoms with Crippen molar-refractivity contribution < 1.29 is 4.79 Å². The predicted octanol–water partition coefficient (Wildman–Crippen LogP) is 2.66. The lowest BCUT2D eigenvalue weighted by atomic mass is 9.40. The van der Waals surface area contributed by atoms with Crippen LogP contribution in [0.15, 0.2) is 0 Å². The summed E-state index contributed by atoms with van der Waals surface area (Å²) in [5.41, 5.74) is 0.812. The molecular weight excluding hydrogens is 248 g/mol. The van der Waals surface area contributed by atoms with Gasteiger partial charge in [-0.3, -0.25) is 4.79 Å². The van der Waals surface area contributed by atoms with E-state index < -0.39 is 0 Å². The highest BCUT2D eigenvalue weighted by molar-refractivity contribution is 5.83. The molecule has 4 aliphatic rings. The second kappa shape index (κ2) is 4.46. The minimum Gasteiger partial charge on any atom is -0.344 e. The molecule has 3 nitrogen and oxygen atoms in total. The van der Waals surface area contributed by atoms with E-state index in [0.29, 0.717) is 16.7 Å². The topological polar surface area (TPSA) is 32.3 Å². The molecule has 4 rings (SSSR count). The van der Waals surface area contributed by atoms with Crippen molar-refractivity contribution in [3.05, 3.63) is 0 Å². The van der Waals surface area contributed by atoms with Gasteiger partial charge in [-0.05, 0) is 62.3 Å². The summed E-state index contributed by atoms with van der Waals surface area (Å²) in [4.78, 5) is 15.1. The van der Waals surface area contributed by atoms with Gasteiger partial charge in [0.1, 0.15) is 0 Å². The van der Waals surface area contributed by atoms with Crippen molar-refractivity contribution in [1.29, 1.82) is 0 Å². The molecule has 0 spiro atoms. The average molecular weight is 278 g/mol. The van der Waals surface area contributed by atoms with Gasteiger partial charge < -0.3 is 10.2 Å². The molecule has 0 saturated heterocycles. The summed E-state index contributed by atoms with van der Waals surface area (Å²) in [6.45, 7) is 6.59. The maximum Gasteiger partial charge on any atom is 0.228 e. The Morgan fingerprint density at radius 3 is 2.25 bits per heavy atom. The average Bonchev–Trinajstić information content (AvgIpc) is 2.30. The third-order valence-electron chi connectivity index (χ3n) is 6.12. The van der Waals surface area contributed by atoms with Crippen molar-refractivity contribution in [2.75, 3.05) is 27.2 Å². The Bertz CT molecular complexity index is 401. The minimum absolute atomic E-state index is 0.0363. The number of nitrogens with zero attached hydrogens (tertiary/aromatic N) is 1. The number of carbonyl (C=O) groups excluding carboxylic acids is 1. The second-order valence-electron chi connectivity index (χ2n) is 8.74. The molecule has 0 aromatic rings. The molecule has 20 heavy (non-hydrogen) atoms. The van der Waals surface area contributed by atoms with Crippen LogP contribution in [0.25, 0.3) is 0 Å². The number of likely N-dealkylation sites (N-methyl/N-ethyl adjacent to an activating group) is 2.